The molecule has 1 N–H and O–H groups in total. The van der Waals surface area contributed by atoms with Crippen molar-refractivity contribution >= 4 is 41.0 Å². The predicted octanol–water partition coefficient (Wildman–Crippen LogP) is 6.42. The average molecular weight is 584 g/mol. The fourth-order valence-electron chi connectivity index (χ4n) is 4.20. The molecule has 1 aliphatic carbocycles. The molecule has 2 aromatic carbocycles. The van der Waals surface area contributed by atoms with E-state index < -0.39 is 47.4 Å². The summed E-state index contributed by atoms with van der Waals surface area (Å²) in [4.78, 5) is 29.7. The number of hydrogen-bond donors (Lipinski definition) is 1. The topological polar surface area (TPSA) is 71.5 Å². The van der Waals surface area contributed by atoms with E-state index in [1.807, 2.05) is 30.3 Å². The minimum atomic E-state index is -4.46. The van der Waals surface area contributed by atoms with Crippen LogP contribution in [-0.2, 0) is 33.5 Å². The van der Waals surface area contributed by atoms with Crippen LogP contribution in [0.3, 0.4) is 0 Å². The van der Waals surface area contributed by atoms with Crippen molar-refractivity contribution < 1.29 is 31.9 Å². The number of hydrogen-bond acceptors (Lipinski definition) is 4. The van der Waals surface area contributed by atoms with Crippen LogP contribution in [0.4, 0.5) is 23.4 Å². The quantitative estimate of drug-likeness (QED) is 0.233. The Kier molecular flexibility index (Phi) is 9.09. The maximum atomic E-state index is 14.2. The normalized spacial score (nSPS) is 18.8. The Morgan fingerprint density at radius 3 is 2.41 bits per heavy atom. The molecule has 2 amide bonds. The molecule has 3 unspecified atom stereocenters. The summed E-state index contributed by atoms with van der Waals surface area (Å²) in [6.45, 7) is 0.216. The third-order valence-corrected chi connectivity index (χ3v) is 7.00. The predicted molar refractivity (Wildman–Crippen MR) is 137 cm³/mol. The zero-order valence-electron chi connectivity index (χ0n) is 20.3. The van der Waals surface area contributed by atoms with E-state index in [4.69, 9.17) is 28.1 Å². The molecule has 4 rings (SSSR count). The van der Waals surface area contributed by atoms with Crippen LogP contribution in [0, 0.1) is 11.7 Å². The van der Waals surface area contributed by atoms with Crippen LogP contribution in [0.1, 0.15) is 29.5 Å². The second kappa shape index (κ2) is 12.3. The Hall–Kier alpha value is -3.21. The monoisotopic (exact) mass is 583 g/mol. The Labute approximate surface area is 232 Å². The second-order valence-electron chi connectivity index (χ2n) is 9.04. The van der Waals surface area contributed by atoms with Crippen LogP contribution < -0.4 is 5.32 Å². The van der Waals surface area contributed by atoms with E-state index in [0.717, 1.165) is 28.2 Å². The Morgan fingerprint density at radius 2 is 1.77 bits per heavy atom. The molecule has 1 saturated carbocycles. The Bertz CT molecular complexity index is 1310. The smallest absolute Gasteiger partial charge is 0.371 e. The summed E-state index contributed by atoms with van der Waals surface area (Å²) in [7, 11) is 0. The lowest BCUT2D eigenvalue weighted by atomic mass is 9.75. The first kappa shape index (κ1) is 28.8. The van der Waals surface area contributed by atoms with E-state index in [1.165, 1.54) is 18.3 Å². The maximum absolute atomic E-state index is 14.2. The van der Waals surface area contributed by atoms with Crippen LogP contribution in [-0.4, -0.2) is 33.4 Å². The number of alkyl halides is 3. The van der Waals surface area contributed by atoms with Crippen molar-refractivity contribution in [1.82, 2.24) is 9.40 Å². The Balaban J connectivity index is 1.43. The highest BCUT2D eigenvalue weighted by Gasteiger charge is 2.50. The third kappa shape index (κ3) is 7.26. The highest BCUT2D eigenvalue weighted by molar-refractivity contribution is 6.30. The minimum Gasteiger partial charge on any atom is -0.371 e. The van der Waals surface area contributed by atoms with Gasteiger partial charge in [-0.1, -0.05) is 54.1 Å². The van der Waals surface area contributed by atoms with Crippen molar-refractivity contribution in [1.29, 1.82) is 0 Å². The average Bonchev–Trinajstić information content (AvgIpc) is 2.88. The highest BCUT2D eigenvalue weighted by atomic mass is 35.5. The number of anilines is 1. The van der Waals surface area contributed by atoms with Crippen molar-refractivity contribution in [3.63, 3.8) is 0 Å². The summed E-state index contributed by atoms with van der Waals surface area (Å²) < 4.78 is 59.5. The lowest BCUT2D eigenvalue weighted by molar-refractivity contribution is -0.150. The standard InChI is InChI=1S/C27H23Cl2F4N3O3/c28-19-12-21(30)25(34-14-19)35-26(38)20-13-22(39-15-17-4-2-1-3-5-17)24(20)36(29)23(37)11-8-16-6-9-18(10-7-16)27(31,32)33/h1-7,9-10,12,14,20,22,24H,8,11,13,15H2,(H,34,35,38). The van der Waals surface area contributed by atoms with E-state index in [0.29, 0.717) is 5.56 Å². The molecule has 0 radical (unpaired) electrons. The van der Waals surface area contributed by atoms with Gasteiger partial charge in [-0.05, 0) is 42.2 Å². The van der Waals surface area contributed by atoms with E-state index in [1.54, 1.807) is 0 Å². The van der Waals surface area contributed by atoms with Gasteiger partial charge in [0.15, 0.2) is 11.6 Å². The molecule has 0 aliphatic heterocycles. The molecular weight excluding hydrogens is 561 g/mol. The number of ether oxygens (including phenoxy) is 1. The van der Waals surface area contributed by atoms with Gasteiger partial charge in [0.1, 0.15) is 0 Å². The molecule has 0 spiro atoms. The molecule has 1 aromatic heterocycles. The van der Waals surface area contributed by atoms with Gasteiger partial charge >= 0.3 is 6.18 Å². The molecule has 1 aliphatic rings. The van der Waals surface area contributed by atoms with E-state index in [-0.39, 0.29) is 36.7 Å². The van der Waals surface area contributed by atoms with Gasteiger partial charge in [-0.15, -0.1) is 0 Å². The van der Waals surface area contributed by atoms with Crippen molar-refractivity contribution in [3.8, 4) is 0 Å². The first-order valence-corrected chi connectivity index (χ1v) is 12.7. The number of rotatable bonds is 9. The molecule has 39 heavy (non-hydrogen) atoms. The van der Waals surface area contributed by atoms with E-state index in [2.05, 4.69) is 10.3 Å². The SMILES string of the molecule is O=C(Nc1ncc(Cl)cc1F)C1CC(OCc2ccccc2)C1N(Cl)C(=O)CCc1ccc(C(F)(F)F)cc1. The molecule has 3 atom stereocenters. The van der Waals surface area contributed by atoms with Gasteiger partial charge in [0.2, 0.25) is 11.8 Å². The molecule has 0 bridgehead atoms. The zero-order chi connectivity index (χ0) is 28.2. The Morgan fingerprint density at radius 1 is 1.08 bits per heavy atom. The molecule has 6 nitrogen and oxygen atoms in total. The van der Waals surface area contributed by atoms with Gasteiger partial charge in [-0.3, -0.25) is 9.59 Å². The van der Waals surface area contributed by atoms with Crippen molar-refractivity contribution in [3.05, 3.63) is 94.4 Å². The van der Waals surface area contributed by atoms with Gasteiger partial charge < -0.3 is 10.1 Å². The number of nitrogens with zero attached hydrogens (tertiary/aromatic N) is 2. The first-order chi connectivity index (χ1) is 18.5. The number of benzene rings is 2. The maximum Gasteiger partial charge on any atom is 0.416 e. The van der Waals surface area contributed by atoms with Crippen LogP contribution in [0.2, 0.25) is 5.02 Å². The molecular formula is C27H23Cl2F4N3O3. The van der Waals surface area contributed by atoms with E-state index in [9.17, 15) is 27.2 Å². The molecule has 1 heterocycles. The van der Waals surface area contributed by atoms with Crippen molar-refractivity contribution in [2.45, 2.75) is 44.2 Å². The molecule has 1 fully saturated rings. The van der Waals surface area contributed by atoms with Crippen LogP contribution >= 0.6 is 23.4 Å². The van der Waals surface area contributed by atoms with Crippen molar-refractivity contribution in [2.24, 2.45) is 5.92 Å². The van der Waals surface area contributed by atoms with Gasteiger partial charge in [-0.2, -0.15) is 13.2 Å². The fraction of sp³-hybridized carbons (Fsp3) is 0.296. The summed E-state index contributed by atoms with van der Waals surface area (Å²) in [5, 5.41) is 2.47. The summed E-state index contributed by atoms with van der Waals surface area (Å²) in [6, 6.07) is 13.9. The molecule has 206 valence electrons. The van der Waals surface area contributed by atoms with Gasteiger partial charge in [0, 0.05) is 24.4 Å². The molecule has 12 heteroatoms. The van der Waals surface area contributed by atoms with E-state index >= 15 is 0 Å². The van der Waals surface area contributed by atoms with Gasteiger partial charge in [-0.25, -0.2) is 13.8 Å². The van der Waals surface area contributed by atoms with Gasteiger partial charge in [0.25, 0.3) is 0 Å². The number of aromatic nitrogens is 1. The minimum absolute atomic E-state index is 0.0620. The number of carbonyl (C=O) groups is 2. The summed E-state index contributed by atoms with van der Waals surface area (Å²) in [6.07, 6.45) is -3.62. The largest absolute Gasteiger partial charge is 0.416 e. The molecule has 3 aromatic rings. The number of aryl methyl sites for hydroxylation is 1. The second-order valence-corrected chi connectivity index (χ2v) is 9.84. The number of nitrogens with one attached hydrogen (secondary N) is 1. The molecule has 0 saturated heterocycles. The van der Waals surface area contributed by atoms with Crippen LogP contribution in [0.5, 0.6) is 0 Å². The van der Waals surface area contributed by atoms with Crippen molar-refractivity contribution in [2.75, 3.05) is 5.32 Å². The summed E-state index contributed by atoms with van der Waals surface area (Å²) >= 11 is 12.1. The first-order valence-electron chi connectivity index (χ1n) is 11.9. The lowest BCUT2D eigenvalue weighted by Gasteiger charge is -2.46. The number of carbonyl (C=O) groups excluding carboxylic acids is 2. The zero-order valence-corrected chi connectivity index (χ0v) is 21.8. The van der Waals surface area contributed by atoms with Gasteiger partial charge in [0.05, 0.1) is 35.3 Å². The van der Waals surface area contributed by atoms with Crippen LogP contribution in [0.15, 0.2) is 66.9 Å². The number of pyridine rings is 1. The lowest BCUT2D eigenvalue weighted by Crippen LogP contribution is -2.60. The number of halogens is 6. The third-order valence-electron chi connectivity index (χ3n) is 6.38. The number of amides is 2. The summed E-state index contributed by atoms with van der Waals surface area (Å²) in [5.74, 6) is -3.10. The highest BCUT2D eigenvalue weighted by Crippen LogP contribution is 2.38. The summed E-state index contributed by atoms with van der Waals surface area (Å²) in [5.41, 5.74) is 0.613. The van der Waals surface area contributed by atoms with Crippen LogP contribution in [0.25, 0.3) is 0 Å². The fourth-order valence-corrected chi connectivity index (χ4v) is 4.69.